The van der Waals surface area contributed by atoms with Crippen LogP contribution in [0.5, 0.6) is 11.5 Å². The number of amides is 2. The van der Waals surface area contributed by atoms with Gasteiger partial charge in [-0.2, -0.15) is 0 Å². The number of rotatable bonds is 27. The molecular formula is C65H79N11O7S. The Kier molecular flexibility index (Phi) is 22.2. The molecule has 0 bridgehead atoms. The van der Waals surface area contributed by atoms with Crippen LogP contribution in [-0.2, 0) is 19.1 Å². The van der Waals surface area contributed by atoms with Crippen LogP contribution in [0.4, 0.5) is 11.4 Å². The number of anilines is 2. The Bertz CT molecular complexity index is 3210. The van der Waals surface area contributed by atoms with E-state index in [1.165, 1.54) is 23.5 Å². The first-order valence-electron chi connectivity index (χ1n) is 29.2. The minimum absolute atomic E-state index is 0.0801. The molecule has 2 aromatic heterocycles. The lowest BCUT2D eigenvalue weighted by Crippen LogP contribution is -2.31. The molecule has 4 aromatic carbocycles. The van der Waals surface area contributed by atoms with Crippen molar-refractivity contribution in [3.63, 3.8) is 0 Å². The second kappa shape index (κ2) is 30.2. The molecule has 19 heteroatoms. The van der Waals surface area contributed by atoms with Crippen molar-refractivity contribution < 1.29 is 33.0 Å². The molecule has 0 unspecified atom stereocenters. The molecule has 2 aliphatic rings. The maximum Gasteiger partial charge on any atom is 0.227 e. The maximum absolute atomic E-state index is 13.5. The lowest BCUT2D eigenvalue weighted by Gasteiger charge is -2.28. The summed E-state index contributed by atoms with van der Waals surface area (Å²) in [5, 5.41) is 42.8. The Hall–Kier alpha value is -8.45. The molecule has 8 rings (SSSR count). The third kappa shape index (κ3) is 17.1. The highest BCUT2D eigenvalue weighted by molar-refractivity contribution is 7.22. The SMILES string of the molecule is C=CC(N)=NCCCCCCOC(=N)c1ccc(NC(=O)C2CCC(C(=N)Oc3ccc(OC(=N)C4CCC(C(=O)Nc5ccc(C(=N)OCCCCCCN=C(N)C=C)cc5)CC4)c4sc(-c5cc6c(C)cc(C)cc6o5)nc34)CC2)cc1. The monoisotopic (exact) mass is 1160 g/mol. The van der Waals surface area contributed by atoms with Gasteiger partial charge in [-0.15, -0.1) is 11.3 Å². The zero-order valence-corrected chi connectivity index (χ0v) is 49.1. The van der Waals surface area contributed by atoms with E-state index in [1.807, 2.05) is 19.1 Å². The van der Waals surface area contributed by atoms with Gasteiger partial charge in [0.05, 0.1) is 13.2 Å². The van der Waals surface area contributed by atoms with Gasteiger partial charge in [0.15, 0.2) is 28.3 Å². The fourth-order valence-electron chi connectivity index (χ4n) is 10.6. The van der Waals surface area contributed by atoms with Crippen molar-refractivity contribution in [3.05, 3.63) is 126 Å². The van der Waals surface area contributed by atoms with E-state index in [1.54, 1.807) is 60.7 Å². The summed E-state index contributed by atoms with van der Waals surface area (Å²) >= 11 is 1.37. The van der Waals surface area contributed by atoms with Gasteiger partial charge >= 0.3 is 0 Å². The van der Waals surface area contributed by atoms with E-state index < -0.39 is 0 Å². The number of carbonyl (C=O) groups is 2. The van der Waals surface area contributed by atoms with Crippen LogP contribution in [0.1, 0.15) is 125 Å². The van der Waals surface area contributed by atoms with Gasteiger partial charge in [-0.05, 0) is 200 Å². The third-order valence-electron chi connectivity index (χ3n) is 15.5. The number of aliphatic imine (C=N–C) groups is 2. The minimum atomic E-state index is -0.232. The molecule has 0 spiro atoms. The van der Waals surface area contributed by atoms with E-state index in [9.17, 15) is 20.4 Å². The summed E-state index contributed by atoms with van der Waals surface area (Å²) in [5.41, 5.74) is 17.3. The zero-order chi connectivity index (χ0) is 59.5. The second-order valence-electron chi connectivity index (χ2n) is 21.7. The summed E-state index contributed by atoms with van der Waals surface area (Å²) in [6.07, 6.45) is 15.3. The molecule has 84 heavy (non-hydrogen) atoms. The molecule has 2 amide bonds. The zero-order valence-electron chi connectivity index (χ0n) is 48.3. The van der Waals surface area contributed by atoms with Crippen LogP contribution < -0.4 is 31.6 Å². The van der Waals surface area contributed by atoms with Crippen LogP contribution in [0, 0.1) is 59.2 Å². The first-order valence-corrected chi connectivity index (χ1v) is 30.0. The smallest absolute Gasteiger partial charge is 0.227 e. The molecule has 0 aliphatic heterocycles. The second-order valence-corrected chi connectivity index (χ2v) is 22.7. The van der Waals surface area contributed by atoms with Crippen molar-refractivity contribution in [1.29, 1.82) is 21.6 Å². The van der Waals surface area contributed by atoms with Crippen LogP contribution in [0.25, 0.3) is 32.0 Å². The lowest BCUT2D eigenvalue weighted by molar-refractivity contribution is -0.121. The number of unbranched alkanes of at least 4 members (excludes halogenated alkanes) is 6. The van der Waals surface area contributed by atoms with E-state index in [4.69, 9.17) is 50.6 Å². The van der Waals surface area contributed by atoms with Crippen molar-refractivity contribution in [2.75, 3.05) is 36.9 Å². The van der Waals surface area contributed by atoms with Crippen molar-refractivity contribution >= 4 is 91.0 Å². The number of furan rings is 1. The maximum atomic E-state index is 13.5. The van der Waals surface area contributed by atoms with Crippen LogP contribution >= 0.6 is 11.3 Å². The number of amidine groups is 2. The molecule has 18 nitrogen and oxygen atoms in total. The van der Waals surface area contributed by atoms with Gasteiger partial charge in [0, 0.05) is 64.6 Å². The molecule has 2 saturated carbocycles. The molecule has 0 saturated heterocycles. The number of nitrogens with two attached hydrogens (primary N) is 2. The third-order valence-corrected chi connectivity index (χ3v) is 16.6. The molecule has 0 atom stereocenters. The van der Waals surface area contributed by atoms with Crippen LogP contribution in [0.15, 0.2) is 119 Å². The number of fused-ring (bicyclic) bond motifs is 2. The van der Waals surface area contributed by atoms with Crippen molar-refractivity contribution in [3.8, 4) is 22.3 Å². The van der Waals surface area contributed by atoms with E-state index in [2.05, 4.69) is 46.8 Å². The molecule has 0 radical (unpaired) electrons. The molecule has 2 heterocycles. The number of benzene rings is 4. The van der Waals surface area contributed by atoms with Crippen LogP contribution in [0.3, 0.4) is 0 Å². The normalized spacial score (nSPS) is 17.3. The fraction of sp³-hybridized carbons (Fsp3) is 0.400. The molecule has 10 N–H and O–H groups in total. The highest BCUT2D eigenvalue weighted by atomic mass is 32.1. The number of thiazole rings is 1. The average Bonchev–Trinajstić information content (AvgIpc) is 4.25. The summed E-state index contributed by atoms with van der Waals surface area (Å²) in [4.78, 5) is 40.4. The van der Waals surface area contributed by atoms with Gasteiger partial charge < -0.3 is 45.5 Å². The van der Waals surface area contributed by atoms with E-state index in [0.29, 0.717) is 144 Å². The summed E-state index contributed by atoms with van der Waals surface area (Å²) in [6, 6.07) is 23.8. The Morgan fingerprint density at radius 3 is 1.57 bits per heavy atom. The summed E-state index contributed by atoms with van der Waals surface area (Å²) < 4.78 is 31.2. The molecule has 6 aromatic rings. The Labute approximate surface area is 495 Å². The number of aryl methyl sites for hydroxylation is 2. The lowest BCUT2D eigenvalue weighted by atomic mass is 9.81. The number of hydrogen-bond donors (Lipinski definition) is 8. The van der Waals surface area contributed by atoms with Gasteiger partial charge in [0.25, 0.3) is 0 Å². The first kappa shape index (κ1) is 61.6. The highest BCUT2D eigenvalue weighted by Gasteiger charge is 2.32. The number of aromatic nitrogens is 1. The number of ether oxygens (including phenoxy) is 4. The van der Waals surface area contributed by atoms with E-state index in [0.717, 1.165) is 73.5 Å². The van der Waals surface area contributed by atoms with Gasteiger partial charge in [-0.3, -0.25) is 41.2 Å². The standard InChI is InChI=1S/C65H79N11O7S/c1-5-55(66)72-33-11-7-9-13-35-79-59(68)42-23-27-48(28-24-42)74-63(77)46-19-15-44(16-20-46)61(70)82-51-31-32-52(58-57(51)76-65(84-58)54-39-50-41(4)37-40(3)38-53(50)81-54)83-62(71)45-17-21-47(22-18-45)64(78)75-49-29-25-43(26-30-49)60(69)80-36-14-10-8-12-34-73-56(67)6-2/h5-6,23-32,37-39,44-47,68-71H,1-2,7-22,33-36H2,3-4H3,(H2,66,72)(H2,67,73)(H,74,77)(H,75,78). The number of nitrogens with zero attached hydrogens (tertiary/aromatic N) is 3. The van der Waals surface area contributed by atoms with Crippen LogP contribution in [-0.4, -0.2) is 78.4 Å². The Balaban J connectivity index is 0.821. The van der Waals surface area contributed by atoms with E-state index in [-0.39, 0.29) is 59.1 Å². The quantitative estimate of drug-likeness (QED) is 0.0137. The number of hydrogen-bond acceptors (Lipinski definition) is 15. The summed E-state index contributed by atoms with van der Waals surface area (Å²) in [5.74, 6) is 1.67. The summed E-state index contributed by atoms with van der Waals surface area (Å²) in [7, 11) is 0. The molecular weight excluding hydrogens is 1080 g/mol. The van der Waals surface area contributed by atoms with Gasteiger partial charge in [0.1, 0.15) is 33.2 Å². The van der Waals surface area contributed by atoms with Gasteiger partial charge in [0.2, 0.25) is 23.6 Å². The predicted molar refractivity (Wildman–Crippen MR) is 338 cm³/mol. The minimum Gasteiger partial charge on any atom is -0.478 e. The molecule has 2 aliphatic carbocycles. The van der Waals surface area contributed by atoms with Crippen molar-refractivity contribution in [2.45, 2.75) is 117 Å². The Morgan fingerprint density at radius 2 is 1.08 bits per heavy atom. The predicted octanol–water partition coefficient (Wildman–Crippen LogP) is 13.8. The molecule has 442 valence electrons. The number of carbonyl (C=O) groups excluding carboxylic acids is 2. The summed E-state index contributed by atoms with van der Waals surface area (Å²) in [6.45, 7) is 13.5. The average molecular weight is 1160 g/mol. The van der Waals surface area contributed by atoms with Crippen molar-refractivity contribution in [1.82, 2.24) is 4.98 Å². The molecule has 2 fully saturated rings. The van der Waals surface area contributed by atoms with Gasteiger partial charge in [-0.1, -0.05) is 32.1 Å². The Morgan fingerprint density at radius 1 is 0.631 bits per heavy atom. The largest absolute Gasteiger partial charge is 0.478 e. The van der Waals surface area contributed by atoms with E-state index >= 15 is 0 Å². The fourth-order valence-corrected chi connectivity index (χ4v) is 11.5. The highest BCUT2D eigenvalue weighted by Crippen LogP contribution is 2.44. The van der Waals surface area contributed by atoms with Crippen molar-refractivity contribution in [2.24, 2.45) is 45.1 Å². The van der Waals surface area contributed by atoms with Gasteiger partial charge in [-0.25, -0.2) is 4.98 Å². The van der Waals surface area contributed by atoms with Crippen LogP contribution in [0.2, 0.25) is 0 Å². The number of nitrogens with one attached hydrogen (secondary N) is 6. The first-order chi connectivity index (χ1) is 40.7. The topological polar surface area (TPSA) is 293 Å².